The van der Waals surface area contributed by atoms with Gasteiger partial charge in [-0.25, -0.2) is 8.42 Å². The topological polar surface area (TPSA) is 89.3 Å². The number of hydrogen-bond donors (Lipinski definition) is 2. The van der Waals surface area contributed by atoms with Gasteiger partial charge in [-0.2, -0.15) is 0 Å². The third-order valence-electron chi connectivity index (χ3n) is 2.85. The fourth-order valence-corrected chi connectivity index (χ4v) is 3.56. The molecule has 1 aromatic rings. The van der Waals surface area contributed by atoms with Crippen LogP contribution in [0.25, 0.3) is 0 Å². The highest BCUT2D eigenvalue weighted by atomic mass is 35.5. The van der Waals surface area contributed by atoms with Crippen molar-refractivity contribution < 1.29 is 13.2 Å². The van der Waals surface area contributed by atoms with Crippen LogP contribution < -0.4 is 11.1 Å². The van der Waals surface area contributed by atoms with Crippen LogP contribution in [0.1, 0.15) is 20.3 Å². The summed E-state index contributed by atoms with van der Waals surface area (Å²) in [6, 6.07) is 4.61. The molecule has 0 saturated heterocycles. The van der Waals surface area contributed by atoms with Crippen molar-refractivity contribution in [3.8, 4) is 0 Å². The lowest BCUT2D eigenvalue weighted by Gasteiger charge is -2.11. The summed E-state index contributed by atoms with van der Waals surface area (Å²) >= 11 is 5.91. The van der Waals surface area contributed by atoms with Crippen molar-refractivity contribution in [1.82, 2.24) is 0 Å². The van der Waals surface area contributed by atoms with Crippen LogP contribution in [0.4, 0.5) is 11.4 Å². The van der Waals surface area contributed by atoms with Crippen LogP contribution in [0.2, 0.25) is 5.02 Å². The van der Waals surface area contributed by atoms with Gasteiger partial charge in [0.2, 0.25) is 5.91 Å². The first-order valence-corrected chi connectivity index (χ1v) is 8.48. The maximum atomic E-state index is 11.8. The minimum atomic E-state index is -3.41. The summed E-state index contributed by atoms with van der Waals surface area (Å²) in [6.45, 7) is 3.75. The van der Waals surface area contributed by atoms with Crippen LogP contribution in [-0.2, 0) is 14.6 Å². The first kappa shape index (κ1) is 16.8. The van der Waals surface area contributed by atoms with Gasteiger partial charge in [0.05, 0.1) is 16.5 Å². The first-order chi connectivity index (χ1) is 9.23. The highest BCUT2D eigenvalue weighted by Gasteiger charge is 2.19. The molecule has 20 heavy (non-hydrogen) atoms. The number of benzene rings is 1. The van der Waals surface area contributed by atoms with Gasteiger partial charge < -0.3 is 11.1 Å². The molecule has 0 radical (unpaired) electrons. The molecule has 0 bridgehead atoms. The molecule has 0 spiro atoms. The average molecular weight is 319 g/mol. The highest BCUT2D eigenvalue weighted by Crippen LogP contribution is 2.24. The molecule has 0 aliphatic rings. The van der Waals surface area contributed by atoms with Crippen LogP contribution in [-0.4, -0.2) is 25.8 Å². The number of carbonyl (C=O) groups is 1. The third kappa shape index (κ3) is 5.38. The molecular weight excluding hydrogens is 300 g/mol. The molecule has 0 aromatic heterocycles. The molecule has 1 aromatic carbocycles. The molecule has 7 heteroatoms. The number of sulfone groups is 1. The molecule has 1 rings (SSSR count). The molecule has 0 fully saturated rings. The predicted molar refractivity (Wildman–Crippen MR) is 82.6 cm³/mol. The molecule has 5 nitrogen and oxygen atoms in total. The normalized spacial score (nSPS) is 12.9. The van der Waals surface area contributed by atoms with Crippen molar-refractivity contribution in [1.29, 1.82) is 0 Å². The summed E-state index contributed by atoms with van der Waals surface area (Å²) < 4.78 is 23.7. The third-order valence-corrected chi connectivity index (χ3v) is 4.95. The van der Waals surface area contributed by atoms with Crippen molar-refractivity contribution >= 4 is 38.7 Å². The second-order valence-electron chi connectivity index (χ2n) is 4.86. The Morgan fingerprint density at radius 1 is 1.45 bits per heavy atom. The van der Waals surface area contributed by atoms with Gasteiger partial charge in [-0.1, -0.05) is 31.9 Å². The highest BCUT2D eigenvalue weighted by molar-refractivity contribution is 7.92. The number of anilines is 2. The summed E-state index contributed by atoms with van der Waals surface area (Å²) in [5, 5.41) is 2.75. The molecule has 1 atom stereocenters. The SMILES string of the molecule is CCC(C)CS(=O)(=O)CC(=O)Nc1ccc(N)cc1Cl. The van der Waals surface area contributed by atoms with Gasteiger partial charge in [0.1, 0.15) is 5.75 Å². The molecular formula is C13H19ClN2O3S. The average Bonchev–Trinajstić information content (AvgIpc) is 2.31. The maximum Gasteiger partial charge on any atom is 0.239 e. The molecule has 112 valence electrons. The van der Waals surface area contributed by atoms with Crippen LogP contribution >= 0.6 is 11.6 Å². The van der Waals surface area contributed by atoms with Crippen molar-refractivity contribution in [3.05, 3.63) is 23.2 Å². The van der Waals surface area contributed by atoms with Gasteiger partial charge in [-0.15, -0.1) is 0 Å². The van der Waals surface area contributed by atoms with Gasteiger partial charge in [0.15, 0.2) is 9.84 Å². The quantitative estimate of drug-likeness (QED) is 0.788. The number of amides is 1. The number of carbonyl (C=O) groups excluding carboxylic acids is 1. The van der Waals surface area contributed by atoms with E-state index in [-0.39, 0.29) is 16.7 Å². The monoisotopic (exact) mass is 318 g/mol. The number of nitrogens with two attached hydrogens (primary N) is 1. The Morgan fingerprint density at radius 3 is 2.65 bits per heavy atom. The van der Waals surface area contributed by atoms with E-state index in [9.17, 15) is 13.2 Å². The zero-order valence-corrected chi connectivity index (χ0v) is 13.1. The fourth-order valence-electron chi connectivity index (χ4n) is 1.63. The van der Waals surface area contributed by atoms with Crippen molar-refractivity contribution in [2.75, 3.05) is 22.6 Å². The number of nitrogen functional groups attached to an aromatic ring is 1. The summed E-state index contributed by atoms with van der Waals surface area (Å²) in [5.41, 5.74) is 6.36. The molecule has 1 amide bonds. The fraction of sp³-hybridized carbons (Fsp3) is 0.462. The Kier molecular flexibility index (Phi) is 5.83. The minimum Gasteiger partial charge on any atom is -0.399 e. The Hall–Kier alpha value is -1.27. The largest absolute Gasteiger partial charge is 0.399 e. The van der Waals surface area contributed by atoms with Gasteiger partial charge >= 0.3 is 0 Å². The molecule has 0 aliphatic heterocycles. The van der Waals surface area contributed by atoms with Crippen LogP contribution in [0.3, 0.4) is 0 Å². The van der Waals surface area contributed by atoms with E-state index in [1.54, 1.807) is 6.07 Å². The van der Waals surface area contributed by atoms with Crippen molar-refractivity contribution in [2.24, 2.45) is 5.92 Å². The molecule has 3 N–H and O–H groups in total. The van der Waals surface area contributed by atoms with Crippen LogP contribution in [0.15, 0.2) is 18.2 Å². The van der Waals surface area contributed by atoms with E-state index in [0.717, 1.165) is 6.42 Å². The summed E-state index contributed by atoms with van der Waals surface area (Å²) in [5.74, 6) is -1.10. The lowest BCUT2D eigenvalue weighted by molar-refractivity contribution is -0.113. The van der Waals surface area contributed by atoms with Gasteiger partial charge in [-0.3, -0.25) is 4.79 Å². The minimum absolute atomic E-state index is 0.00634. The standard InChI is InChI=1S/C13H19ClN2O3S/c1-3-9(2)7-20(18,19)8-13(17)16-12-5-4-10(15)6-11(12)14/h4-6,9H,3,7-8,15H2,1-2H3,(H,16,17). The van der Waals surface area contributed by atoms with Crippen LogP contribution in [0.5, 0.6) is 0 Å². The van der Waals surface area contributed by atoms with E-state index < -0.39 is 21.5 Å². The zero-order chi connectivity index (χ0) is 15.3. The zero-order valence-electron chi connectivity index (χ0n) is 11.5. The summed E-state index contributed by atoms with van der Waals surface area (Å²) in [6.07, 6.45) is 0.755. The van der Waals surface area contributed by atoms with E-state index in [0.29, 0.717) is 11.4 Å². The summed E-state index contributed by atoms with van der Waals surface area (Å²) in [4.78, 5) is 11.8. The lowest BCUT2D eigenvalue weighted by Crippen LogP contribution is -2.26. The molecule has 0 heterocycles. The van der Waals surface area contributed by atoms with E-state index in [4.69, 9.17) is 17.3 Å². The first-order valence-electron chi connectivity index (χ1n) is 6.29. The number of halogens is 1. The molecule has 0 saturated carbocycles. The summed E-state index contributed by atoms with van der Waals surface area (Å²) in [7, 11) is -3.41. The number of nitrogens with one attached hydrogen (secondary N) is 1. The van der Waals surface area contributed by atoms with Gasteiger partial charge in [0.25, 0.3) is 0 Å². The Balaban J connectivity index is 2.68. The smallest absolute Gasteiger partial charge is 0.239 e. The maximum absolute atomic E-state index is 11.8. The Morgan fingerprint density at radius 2 is 2.10 bits per heavy atom. The van der Waals surface area contributed by atoms with Gasteiger partial charge in [0, 0.05) is 5.69 Å². The van der Waals surface area contributed by atoms with E-state index >= 15 is 0 Å². The Labute approximate surface area is 124 Å². The van der Waals surface area contributed by atoms with E-state index in [2.05, 4.69) is 5.32 Å². The molecule has 1 unspecified atom stereocenters. The predicted octanol–water partition coefficient (Wildman–Crippen LogP) is 2.32. The second-order valence-corrected chi connectivity index (χ2v) is 7.37. The lowest BCUT2D eigenvalue weighted by atomic mass is 10.2. The Bertz CT molecular complexity index is 587. The van der Waals surface area contributed by atoms with Crippen molar-refractivity contribution in [3.63, 3.8) is 0 Å². The van der Waals surface area contributed by atoms with E-state index in [1.807, 2.05) is 13.8 Å². The van der Waals surface area contributed by atoms with Crippen LogP contribution in [0, 0.1) is 5.92 Å². The van der Waals surface area contributed by atoms with E-state index in [1.165, 1.54) is 12.1 Å². The second kappa shape index (κ2) is 6.95. The number of rotatable bonds is 6. The molecule has 0 aliphatic carbocycles. The van der Waals surface area contributed by atoms with Crippen molar-refractivity contribution in [2.45, 2.75) is 20.3 Å². The van der Waals surface area contributed by atoms with Gasteiger partial charge in [-0.05, 0) is 24.1 Å². The number of hydrogen-bond acceptors (Lipinski definition) is 4.